The van der Waals surface area contributed by atoms with E-state index >= 15 is 0 Å². The largest absolute Gasteiger partial charge is 0.0654 e. The summed E-state index contributed by atoms with van der Waals surface area (Å²) in [6, 6.07) is 7.01. The molecule has 0 heteroatoms. The third-order valence-electron chi connectivity index (χ3n) is 5.38. The highest BCUT2D eigenvalue weighted by molar-refractivity contribution is 5.37. The van der Waals surface area contributed by atoms with E-state index in [2.05, 4.69) is 45.9 Å². The summed E-state index contributed by atoms with van der Waals surface area (Å²) in [6.45, 7) is 9.27. The van der Waals surface area contributed by atoms with Crippen LogP contribution in [0, 0.1) is 0 Å². The number of hydrogen-bond donors (Lipinski definition) is 0. The molecule has 0 saturated heterocycles. The predicted octanol–water partition coefficient (Wildman–Crippen LogP) is 7.84. The summed E-state index contributed by atoms with van der Waals surface area (Å²) in [5, 5.41) is 0. The lowest BCUT2D eigenvalue weighted by Crippen LogP contribution is -2.05. The first-order valence-corrected chi connectivity index (χ1v) is 10.4. The van der Waals surface area contributed by atoms with Crippen LogP contribution in [0.25, 0.3) is 0 Å². The molecule has 0 aromatic heterocycles. The standard InChI is InChI=1S/C23H40/c1-5-9-10-11-12-13-14-15-17-21(7-3)23-19-16-18-20(6-2)22(23)8-4/h16,18-19,21H,5-15,17H2,1-4H3. The monoisotopic (exact) mass is 316 g/mol. The van der Waals surface area contributed by atoms with E-state index in [1.54, 1.807) is 16.7 Å². The highest BCUT2D eigenvalue weighted by Gasteiger charge is 2.14. The maximum atomic E-state index is 2.40. The van der Waals surface area contributed by atoms with E-state index in [-0.39, 0.29) is 0 Å². The highest BCUT2D eigenvalue weighted by Crippen LogP contribution is 2.31. The van der Waals surface area contributed by atoms with Gasteiger partial charge in [-0.05, 0) is 48.3 Å². The van der Waals surface area contributed by atoms with Crippen molar-refractivity contribution in [1.82, 2.24) is 0 Å². The van der Waals surface area contributed by atoms with Crippen molar-refractivity contribution in [1.29, 1.82) is 0 Å². The molecule has 0 heterocycles. The van der Waals surface area contributed by atoms with Crippen molar-refractivity contribution in [2.24, 2.45) is 0 Å². The zero-order valence-electron chi connectivity index (χ0n) is 16.3. The Balaban J connectivity index is 2.42. The number of rotatable bonds is 13. The van der Waals surface area contributed by atoms with Gasteiger partial charge in [0.1, 0.15) is 0 Å². The van der Waals surface area contributed by atoms with E-state index in [0.717, 1.165) is 5.92 Å². The number of hydrogen-bond acceptors (Lipinski definition) is 0. The van der Waals surface area contributed by atoms with Crippen LogP contribution in [-0.2, 0) is 12.8 Å². The second-order valence-corrected chi connectivity index (χ2v) is 7.06. The Morgan fingerprint density at radius 2 is 1.39 bits per heavy atom. The molecule has 0 fully saturated rings. The van der Waals surface area contributed by atoms with Crippen molar-refractivity contribution in [3.63, 3.8) is 0 Å². The first kappa shape index (κ1) is 20.3. The second-order valence-electron chi connectivity index (χ2n) is 7.06. The average Bonchev–Trinajstić information content (AvgIpc) is 2.59. The summed E-state index contributed by atoms with van der Waals surface area (Å²) >= 11 is 0. The van der Waals surface area contributed by atoms with Gasteiger partial charge in [-0.25, -0.2) is 0 Å². The van der Waals surface area contributed by atoms with Gasteiger partial charge < -0.3 is 0 Å². The third-order valence-corrected chi connectivity index (χ3v) is 5.38. The molecule has 0 N–H and O–H groups in total. The van der Waals surface area contributed by atoms with E-state index in [0.29, 0.717) is 0 Å². The van der Waals surface area contributed by atoms with Crippen molar-refractivity contribution in [2.75, 3.05) is 0 Å². The third kappa shape index (κ3) is 7.10. The van der Waals surface area contributed by atoms with Gasteiger partial charge in [0.2, 0.25) is 0 Å². The minimum Gasteiger partial charge on any atom is -0.0654 e. The smallest absolute Gasteiger partial charge is 0.0162 e. The fourth-order valence-electron chi connectivity index (χ4n) is 3.90. The van der Waals surface area contributed by atoms with Crippen molar-refractivity contribution in [3.8, 4) is 0 Å². The van der Waals surface area contributed by atoms with Crippen molar-refractivity contribution < 1.29 is 0 Å². The number of benzene rings is 1. The molecule has 0 bridgehead atoms. The molecule has 1 aromatic carbocycles. The molecule has 132 valence electrons. The second kappa shape index (κ2) is 12.6. The number of aryl methyl sites for hydroxylation is 1. The maximum Gasteiger partial charge on any atom is -0.0162 e. The minimum absolute atomic E-state index is 0.775. The van der Waals surface area contributed by atoms with Crippen LogP contribution in [0.15, 0.2) is 18.2 Å². The van der Waals surface area contributed by atoms with Crippen LogP contribution in [0.3, 0.4) is 0 Å². The van der Waals surface area contributed by atoms with Gasteiger partial charge in [-0.1, -0.05) is 97.3 Å². The summed E-state index contributed by atoms with van der Waals surface area (Å²) in [5.74, 6) is 0.775. The Morgan fingerprint density at radius 1 is 0.739 bits per heavy atom. The lowest BCUT2D eigenvalue weighted by molar-refractivity contribution is 0.520. The molecule has 0 aliphatic heterocycles. The van der Waals surface area contributed by atoms with Gasteiger partial charge in [0, 0.05) is 0 Å². The van der Waals surface area contributed by atoms with Gasteiger partial charge in [-0.3, -0.25) is 0 Å². The zero-order valence-corrected chi connectivity index (χ0v) is 16.3. The molecule has 0 saturated carbocycles. The quantitative estimate of drug-likeness (QED) is 0.325. The lowest BCUT2D eigenvalue weighted by atomic mass is 9.84. The maximum absolute atomic E-state index is 2.40. The molecular weight excluding hydrogens is 276 g/mol. The molecule has 0 radical (unpaired) electrons. The van der Waals surface area contributed by atoms with Gasteiger partial charge in [-0.2, -0.15) is 0 Å². The molecule has 1 atom stereocenters. The molecule has 23 heavy (non-hydrogen) atoms. The Bertz CT molecular complexity index is 404. The van der Waals surface area contributed by atoms with Crippen LogP contribution in [0.5, 0.6) is 0 Å². The molecule has 0 aliphatic carbocycles. The minimum atomic E-state index is 0.775. The summed E-state index contributed by atoms with van der Waals surface area (Å²) in [5.41, 5.74) is 4.86. The fourth-order valence-corrected chi connectivity index (χ4v) is 3.90. The molecule has 1 aromatic rings. The SMILES string of the molecule is CCCCCCCCCCC(CC)c1cccc(CC)c1CC. The van der Waals surface area contributed by atoms with Gasteiger partial charge >= 0.3 is 0 Å². The van der Waals surface area contributed by atoms with Gasteiger partial charge in [0.15, 0.2) is 0 Å². The molecule has 0 aliphatic rings. The van der Waals surface area contributed by atoms with E-state index in [1.165, 1.54) is 77.0 Å². The van der Waals surface area contributed by atoms with Gasteiger partial charge in [-0.15, -0.1) is 0 Å². The predicted molar refractivity (Wildman–Crippen MR) is 105 cm³/mol. The lowest BCUT2D eigenvalue weighted by Gasteiger charge is -2.21. The molecule has 0 amide bonds. The topological polar surface area (TPSA) is 0 Å². The van der Waals surface area contributed by atoms with E-state index in [1.807, 2.05) is 0 Å². The summed E-state index contributed by atoms with van der Waals surface area (Å²) in [6.07, 6.45) is 16.4. The molecular formula is C23H40. The van der Waals surface area contributed by atoms with Crippen molar-refractivity contribution in [3.05, 3.63) is 34.9 Å². The zero-order chi connectivity index (χ0) is 16.9. The Labute approximate surface area is 146 Å². The number of unbranched alkanes of at least 4 members (excludes halogenated alkanes) is 7. The first-order chi connectivity index (χ1) is 11.3. The van der Waals surface area contributed by atoms with E-state index < -0.39 is 0 Å². The summed E-state index contributed by atoms with van der Waals surface area (Å²) in [7, 11) is 0. The van der Waals surface area contributed by atoms with Crippen LogP contribution in [0.1, 0.15) is 115 Å². The van der Waals surface area contributed by atoms with Crippen LogP contribution < -0.4 is 0 Å². The normalized spacial score (nSPS) is 12.5. The molecule has 0 nitrogen and oxygen atoms in total. The fraction of sp³-hybridized carbons (Fsp3) is 0.739. The average molecular weight is 317 g/mol. The molecule has 1 unspecified atom stereocenters. The Morgan fingerprint density at radius 3 is 1.96 bits per heavy atom. The van der Waals surface area contributed by atoms with Gasteiger partial charge in [0.05, 0.1) is 0 Å². The van der Waals surface area contributed by atoms with Crippen LogP contribution >= 0.6 is 0 Å². The Hall–Kier alpha value is -0.780. The molecule has 1 rings (SSSR count). The van der Waals surface area contributed by atoms with Crippen LogP contribution in [0.2, 0.25) is 0 Å². The summed E-state index contributed by atoms with van der Waals surface area (Å²) in [4.78, 5) is 0. The Kier molecular flexibility index (Phi) is 11.1. The van der Waals surface area contributed by atoms with E-state index in [9.17, 15) is 0 Å². The highest BCUT2D eigenvalue weighted by atomic mass is 14.2. The van der Waals surface area contributed by atoms with Gasteiger partial charge in [0.25, 0.3) is 0 Å². The van der Waals surface area contributed by atoms with E-state index in [4.69, 9.17) is 0 Å². The van der Waals surface area contributed by atoms with Crippen LogP contribution in [0.4, 0.5) is 0 Å². The summed E-state index contributed by atoms with van der Waals surface area (Å²) < 4.78 is 0. The van der Waals surface area contributed by atoms with Crippen molar-refractivity contribution >= 4 is 0 Å². The molecule has 0 spiro atoms. The van der Waals surface area contributed by atoms with Crippen molar-refractivity contribution in [2.45, 2.75) is 111 Å². The van der Waals surface area contributed by atoms with Crippen LogP contribution in [-0.4, -0.2) is 0 Å². The first-order valence-electron chi connectivity index (χ1n) is 10.4.